The van der Waals surface area contributed by atoms with E-state index >= 15 is 0 Å². The van der Waals surface area contributed by atoms with Crippen LogP contribution in [0.3, 0.4) is 0 Å². The van der Waals surface area contributed by atoms with Crippen LogP contribution >= 0.6 is 69.6 Å². The number of benzene rings is 2. The van der Waals surface area contributed by atoms with E-state index in [4.69, 9.17) is 88.6 Å². The van der Waals surface area contributed by atoms with Gasteiger partial charge >= 0.3 is 23.9 Å². The van der Waals surface area contributed by atoms with E-state index in [0.29, 0.717) is 23.7 Å². The number of esters is 4. The molecule has 14 heteroatoms. The van der Waals surface area contributed by atoms with E-state index in [1.54, 1.807) is 0 Å². The maximum atomic E-state index is 13.3. The Morgan fingerprint density at radius 2 is 0.958 bits per heavy atom. The molecule has 0 aliphatic heterocycles. The lowest BCUT2D eigenvalue weighted by Crippen LogP contribution is -2.29. The standard InChI is InChI=1S/C34H36Cl6O8/c1-7-15-9-17(15)33(3,4)13-45-29(41)23-25(39)19(35)11-21(37)27(23)47-31(43)32(44)48-28-22(38)12-20(36)26(40)24(28)30(42)46-14-34(5,6)18-10-16(18)8-2/h11-12,15-18H,7-10,13-14H2,1-6H3. The van der Waals surface area contributed by atoms with Crippen molar-refractivity contribution in [3.05, 3.63) is 53.4 Å². The van der Waals surface area contributed by atoms with Gasteiger partial charge in [-0.1, -0.05) is 124 Å². The predicted molar refractivity (Wildman–Crippen MR) is 186 cm³/mol. The van der Waals surface area contributed by atoms with Crippen LogP contribution in [-0.4, -0.2) is 37.1 Å². The third-order valence-corrected chi connectivity index (χ3v) is 11.4. The molecule has 4 rings (SSSR count). The van der Waals surface area contributed by atoms with Crippen molar-refractivity contribution in [2.45, 2.75) is 67.2 Å². The van der Waals surface area contributed by atoms with Crippen molar-refractivity contribution in [3.63, 3.8) is 0 Å². The first-order chi connectivity index (χ1) is 22.3. The Balaban J connectivity index is 1.54. The van der Waals surface area contributed by atoms with Gasteiger partial charge in [0.05, 0.1) is 43.3 Å². The van der Waals surface area contributed by atoms with Crippen LogP contribution in [0.15, 0.2) is 12.1 Å². The summed E-state index contributed by atoms with van der Waals surface area (Å²) in [6.45, 7) is 12.2. The van der Waals surface area contributed by atoms with Gasteiger partial charge in [0.15, 0.2) is 11.5 Å². The fraction of sp³-hybridized carbons (Fsp3) is 0.529. The molecule has 4 unspecified atom stereocenters. The van der Waals surface area contributed by atoms with Crippen LogP contribution in [0.1, 0.15) is 87.9 Å². The van der Waals surface area contributed by atoms with E-state index in [9.17, 15) is 19.2 Å². The Labute approximate surface area is 309 Å². The molecule has 0 radical (unpaired) electrons. The largest absolute Gasteiger partial charge is 0.461 e. The quantitative estimate of drug-likeness (QED) is 0.0907. The van der Waals surface area contributed by atoms with Crippen molar-refractivity contribution in [1.82, 2.24) is 0 Å². The maximum absolute atomic E-state index is 13.3. The molecule has 0 saturated heterocycles. The minimum Gasteiger partial charge on any atom is -0.461 e. The molecule has 2 aliphatic carbocycles. The summed E-state index contributed by atoms with van der Waals surface area (Å²) in [5.41, 5.74) is -1.60. The highest BCUT2D eigenvalue weighted by atomic mass is 35.5. The lowest BCUT2D eigenvalue weighted by atomic mass is 9.87. The summed E-state index contributed by atoms with van der Waals surface area (Å²) < 4.78 is 21.6. The number of ether oxygens (including phenoxy) is 4. The van der Waals surface area contributed by atoms with Crippen molar-refractivity contribution >= 4 is 93.5 Å². The molecule has 0 bridgehead atoms. The second-order valence-electron chi connectivity index (χ2n) is 13.6. The summed E-state index contributed by atoms with van der Waals surface area (Å²) in [5, 5.41) is -1.49. The Morgan fingerprint density at radius 3 is 1.25 bits per heavy atom. The molecular weight excluding hydrogens is 749 g/mol. The molecule has 2 aliphatic rings. The molecule has 2 aromatic carbocycles. The molecule has 2 saturated carbocycles. The molecule has 48 heavy (non-hydrogen) atoms. The van der Waals surface area contributed by atoms with E-state index in [2.05, 4.69) is 13.8 Å². The number of hydrogen-bond acceptors (Lipinski definition) is 8. The fourth-order valence-electron chi connectivity index (χ4n) is 6.16. The number of carbonyl (C=O) groups excluding carboxylic acids is 4. The lowest BCUT2D eigenvalue weighted by Gasteiger charge is -2.25. The maximum Gasteiger partial charge on any atom is 0.423 e. The van der Waals surface area contributed by atoms with Gasteiger partial charge in [0, 0.05) is 10.8 Å². The van der Waals surface area contributed by atoms with Crippen molar-refractivity contribution in [2.24, 2.45) is 34.5 Å². The second-order valence-corrected chi connectivity index (χ2v) is 16.0. The average molecular weight is 785 g/mol. The smallest absolute Gasteiger partial charge is 0.423 e. The minimum atomic E-state index is -1.64. The molecule has 2 fully saturated rings. The molecular formula is C34H36Cl6O8. The Morgan fingerprint density at radius 1 is 0.625 bits per heavy atom. The molecule has 0 aromatic heterocycles. The summed E-state index contributed by atoms with van der Waals surface area (Å²) in [5.74, 6) is -4.57. The zero-order valence-corrected chi connectivity index (χ0v) is 31.8. The van der Waals surface area contributed by atoms with Gasteiger partial charge < -0.3 is 18.9 Å². The molecule has 8 nitrogen and oxygen atoms in total. The molecule has 0 spiro atoms. The molecule has 0 N–H and O–H groups in total. The first-order valence-electron chi connectivity index (χ1n) is 15.5. The van der Waals surface area contributed by atoms with Crippen LogP contribution in [0.4, 0.5) is 0 Å². The predicted octanol–water partition coefficient (Wildman–Crippen LogP) is 10.6. The number of carbonyl (C=O) groups is 4. The highest BCUT2D eigenvalue weighted by Gasteiger charge is 2.48. The Bertz CT molecular complexity index is 1520. The van der Waals surface area contributed by atoms with Crippen molar-refractivity contribution < 1.29 is 38.1 Å². The molecule has 2 aromatic rings. The first-order valence-corrected chi connectivity index (χ1v) is 17.7. The van der Waals surface area contributed by atoms with Crippen LogP contribution in [0, 0.1) is 34.5 Å². The Kier molecular flexibility index (Phi) is 12.2. The fourth-order valence-corrected chi connectivity index (χ4v) is 7.60. The topological polar surface area (TPSA) is 105 Å². The summed E-state index contributed by atoms with van der Waals surface area (Å²) in [7, 11) is 0. The number of halogens is 6. The van der Waals surface area contributed by atoms with Crippen LogP contribution < -0.4 is 9.47 Å². The summed E-state index contributed by atoms with van der Waals surface area (Å²) in [4.78, 5) is 52.7. The van der Waals surface area contributed by atoms with Gasteiger partial charge in [-0.15, -0.1) is 0 Å². The van der Waals surface area contributed by atoms with Gasteiger partial charge in [0.1, 0.15) is 11.1 Å². The Hall–Kier alpha value is -1.94. The van der Waals surface area contributed by atoms with Crippen LogP contribution in [0.25, 0.3) is 0 Å². The van der Waals surface area contributed by atoms with Crippen molar-refractivity contribution in [3.8, 4) is 11.5 Å². The van der Waals surface area contributed by atoms with Crippen molar-refractivity contribution in [2.75, 3.05) is 13.2 Å². The van der Waals surface area contributed by atoms with E-state index in [1.165, 1.54) is 0 Å². The van der Waals surface area contributed by atoms with Gasteiger partial charge in [-0.2, -0.15) is 0 Å². The van der Waals surface area contributed by atoms with Gasteiger partial charge in [0.25, 0.3) is 0 Å². The number of rotatable bonds is 12. The van der Waals surface area contributed by atoms with E-state index in [1.807, 2.05) is 27.7 Å². The van der Waals surface area contributed by atoms with E-state index in [-0.39, 0.29) is 54.2 Å². The highest BCUT2D eigenvalue weighted by molar-refractivity contribution is 6.47. The third kappa shape index (κ3) is 8.50. The summed E-state index contributed by atoms with van der Waals surface area (Å²) in [6.07, 6.45) is 4.08. The SMILES string of the molecule is CCC1CC1C(C)(C)COC(=O)c1c(Cl)c(Cl)cc(Cl)c1OC(=O)C(=O)Oc1c(Cl)cc(Cl)c(Cl)c1C(=O)OCC(C)(C)C1CC1CC. The zero-order valence-electron chi connectivity index (χ0n) is 27.2. The average Bonchev–Trinajstić information content (AvgIpc) is 3.94. The first kappa shape index (κ1) is 38.9. The monoisotopic (exact) mass is 782 g/mol. The third-order valence-electron chi connectivity index (χ3n) is 9.27. The van der Waals surface area contributed by atoms with Crippen LogP contribution in [0.2, 0.25) is 30.1 Å². The molecule has 4 atom stereocenters. The van der Waals surface area contributed by atoms with Crippen LogP contribution in [-0.2, 0) is 19.1 Å². The second kappa shape index (κ2) is 15.1. The zero-order chi connectivity index (χ0) is 35.9. The van der Waals surface area contributed by atoms with Gasteiger partial charge in [0.2, 0.25) is 0 Å². The van der Waals surface area contributed by atoms with E-state index < -0.39 is 46.5 Å². The van der Waals surface area contributed by atoms with E-state index in [0.717, 1.165) is 37.8 Å². The molecule has 0 heterocycles. The minimum absolute atomic E-state index is 0.0363. The van der Waals surface area contributed by atoms with Gasteiger partial charge in [-0.05, 0) is 48.6 Å². The highest BCUT2D eigenvalue weighted by Crippen LogP contribution is 2.54. The summed E-state index contributed by atoms with van der Waals surface area (Å²) >= 11 is 37.6. The van der Waals surface area contributed by atoms with Crippen LogP contribution in [0.5, 0.6) is 11.5 Å². The summed E-state index contributed by atoms with van der Waals surface area (Å²) in [6, 6.07) is 2.26. The lowest BCUT2D eigenvalue weighted by molar-refractivity contribution is -0.156. The van der Waals surface area contributed by atoms with Gasteiger partial charge in [-0.3, -0.25) is 0 Å². The van der Waals surface area contributed by atoms with Crippen molar-refractivity contribution in [1.29, 1.82) is 0 Å². The molecule has 0 amide bonds. The normalized spacial score (nSPS) is 20.2. The molecule has 262 valence electrons. The van der Waals surface area contributed by atoms with Gasteiger partial charge in [-0.25, -0.2) is 19.2 Å². The number of hydrogen-bond donors (Lipinski definition) is 0.